The van der Waals surface area contributed by atoms with Gasteiger partial charge in [-0.3, -0.25) is 28.5 Å². The van der Waals surface area contributed by atoms with Crippen molar-refractivity contribution in [2.24, 2.45) is 58.3 Å². The van der Waals surface area contributed by atoms with Gasteiger partial charge >= 0.3 is 97.8 Å². The fourth-order valence-corrected chi connectivity index (χ4v) is 28.9. The maximum atomic E-state index is 14.7. The third-order valence-electron chi connectivity index (χ3n) is 28.7. The van der Waals surface area contributed by atoms with Gasteiger partial charge in [0, 0.05) is 135 Å². The number of ketones is 2. The number of fused-ring (bicyclic) bond motifs is 7. The van der Waals surface area contributed by atoms with Gasteiger partial charge in [-0.2, -0.15) is 15.4 Å². The van der Waals surface area contributed by atoms with Gasteiger partial charge in [-0.15, -0.1) is 16.8 Å². The number of allylic oxidation sites excluding steroid dienone is 3. The minimum Gasteiger partial charge on any atom is -0.502 e. The molecule has 12 atom stereocenters. The second kappa shape index (κ2) is 47.8. The molecule has 17 rings (SSSR count). The SMILES string of the molecule is C=C[C@H](OC)[C@@H]1CC[C@H]1CN1C[C@@]2(CCCc3cc(Cl)ccc32)COc2ccc(C(=O)N=[S@](=O)(CC(=O)c3cn(C)nc3OC)C[C@@H](C)C/C=C\C)cc21.CC(C)Oc1ccccc1[CH]=[Ru]([Cl])[Cl].COc1nn(C)cc1C(=O)C[S@@]1(=O)=NC(=O)c2ccc3c(c2)N(C[C@@H]2CC[C@H]2[C@@H](OC)/C=C/C[C@H](C)C1)C[C@@]1(CCCc2cc(Cl)ccc21)CO3.Cc1cc(C)c(N2[CH-]N(c3c(C)cc(C)cc3C)CC2)c(C)c1. The molecule has 8 aliphatic rings. The van der Waals surface area contributed by atoms with Crippen molar-refractivity contribution in [2.45, 2.75) is 182 Å². The van der Waals surface area contributed by atoms with Crippen molar-refractivity contribution in [3.63, 3.8) is 0 Å². The number of aromatic nitrogens is 4. The van der Waals surface area contributed by atoms with E-state index in [9.17, 15) is 27.6 Å². The first-order chi connectivity index (χ1) is 67.9. The summed E-state index contributed by atoms with van der Waals surface area (Å²) in [6, 6.07) is 40.1. The van der Waals surface area contributed by atoms with Crippen molar-refractivity contribution in [1.29, 1.82) is 0 Å². The van der Waals surface area contributed by atoms with E-state index < -0.39 is 67.9 Å². The molecule has 0 unspecified atom stereocenters. The van der Waals surface area contributed by atoms with Crippen molar-refractivity contribution in [3.8, 4) is 29.0 Å². The van der Waals surface area contributed by atoms with Crippen LogP contribution in [0.2, 0.25) is 10.0 Å². The molecular weight excluding hydrogens is 2000 g/mol. The number of carbonyl (C=O) groups excluding carboxylic acids is 4. The smallest absolute Gasteiger partial charge is 0.285 e. The zero-order valence-corrected chi connectivity index (χ0v) is 91.5. The first kappa shape index (κ1) is 108. The van der Waals surface area contributed by atoms with Crippen molar-refractivity contribution >= 4 is 113 Å². The number of rotatable bonds is 24. The number of para-hydroxylation sites is 1. The molecule has 9 aromatic rings. The largest absolute Gasteiger partial charge is 0.502 e. The van der Waals surface area contributed by atoms with E-state index in [2.05, 4.69) is 154 Å². The summed E-state index contributed by atoms with van der Waals surface area (Å²) in [5.41, 5.74) is 19.0. The molecule has 6 heterocycles. The van der Waals surface area contributed by atoms with E-state index in [1.807, 2.05) is 118 Å². The van der Waals surface area contributed by atoms with E-state index in [1.165, 1.54) is 96.8 Å². The maximum absolute atomic E-state index is 14.7. The number of halogens is 4. The Morgan fingerprint density at radius 2 is 1.31 bits per heavy atom. The zero-order chi connectivity index (χ0) is 102. The molecule has 23 nitrogen and oxygen atoms in total. The molecule has 1 saturated heterocycles. The first-order valence-corrected chi connectivity index (χ1v) is 59.3. The van der Waals surface area contributed by atoms with Crippen LogP contribution in [0.25, 0.3) is 0 Å². The topological polar surface area (TPSA) is 240 Å². The normalized spacial score (nSPS) is 22.9. The fraction of sp³-hybridized carbons (Fsp3) is 0.464. The van der Waals surface area contributed by atoms with Gasteiger partial charge in [-0.05, 0) is 266 Å². The maximum Gasteiger partial charge on any atom is 0.285 e. The van der Waals surface area contributed by atoms with Crippen molar-refractivity contribution in [3.05, 3.63) is 271 Å². The second-order valence-corrected chi connectivity index (χ2v) is 51.5. The Hall–Kier alpha value is -9.47. The Balaban J connectivity index is 0.000000167. The number of hydrogen-bond acceptors (Lipinski definition) is 19. The fourth-order valence-electron chi connectivity index (χ4n) is 22.2. The van der Waals surface area contributed by atoms with Crippen LogP contribution in [0.1, 0.15) is 201 Å². The summed E-state index contributed by atoms with van der Waals surface area (Å²) in [5, 5.41) is 9.85. The minimum absolute atomic E-state index is 0.0395. The van der Waals surface area contributed by atoms with Gasteiger partial charge in [-0.25, -0.2) is 8.42 Å². The van der Waals surface area contributed by atoms with Crippen LogP contribution in [-0.4, -0.2) is 178 Å². The number of aryl methyl sites for hydroxylation is 10. The molecule has 2 amide bonds. The predicted octanol–water partition coefficient (Wildman–Crippen LogP) is 23.1. The van der Waals surface area contributed by atoms with Gasteiger partial charge in [0.15, 0.2) is 11.6 Å². The molecule has 0 radical (unpaired) electrons. The number of methoxy groups -OCH3 is 4. The van der Waals surface area contributed by atoms with Gasteiger partial charge < -0.3 is 48.0 Å². The van der Waals surface area contributed by atoms with Gasteiger partial charge in [-0.1, -0.05) is 115 Å². The van der Waals surface area contributed by atoms with Gasteiger partial charge in [0.1, 0.15) is 22.6 Å². The van der Waals surface area contributed by atoms with Crippen LogP contribution < -0.4 is 43.3 Å². The van der Waals surface area contributed by atoms with Crippen LogP contribution in [-0.2, 0) is 80.2 Å². The van der Waals surface area contributed by atoms with Crippen molar-refractivity contribution < 1.29 is 74.3 Å². The van der Waals surface area contributed by atoms with Crippen LogP contribution in [0.15, 0.2) is 179 Å². The molecule has 764 valence electrons. The summed E-state index contributed by atoms with van der Waals surface area (Å²) in [6.07, 6.45) is 24.6. The number of nitrogens with zero attached hydrogens (tertiary/aromatic N) is 10. The van der Waals surface area contributed by atoms with E-state index >= 15 is 0 Å². The average Bonchev–Trinajstić information content (AvgIpc) is 1.54. The summed E-state index contributed by atoms with van der Waals surface area (Å²) in [5.74, 6) is 0.926. The zero-order valence-electron chi connectivity index (χ0n) is 85.1. The molecule has 4 aliphatic heterocycles. The van der Waals surface area contributed by atoms with E-state index in [0.717, 1.165) is 130 Å². The molecular formula is C112H139Cl4N10O13RuS2-. The molecule has 7 aromatic carbocycles. The summed E-state index contributed by atoms with van der Waals surface area (Å²) < 4.78 is 84.4. The number of ether oxygens (including phenoxy) is 7. The Bertz CT molecular complexity index is 6380. The number of carbonyl (C=O) groups is 4. The first-order valence-electron chi connectivity index (χ1n) is 49.3. The minimum atomic E-state index is -3.35. The van der Waals surface area contributed by atoms with Crippen LogP contribution in [0.5, 0.6) is 29.0 Å². The van der Waals surface area contributed by atoms with Crippen LogP contribution in [0.3, 0.4) is 0 Å². The number of Topliss-reactive ketones (excluding diaryl/α,β-unsaturated/α-hetero) is 2. The van der Waals surface area contributed by atoms with Gasteiger partial charge in [0.25, 0.3) is 11.8 Å². The van der Waals surface area contributed by atoms with Crippen molar-refractivity contribution in [2.75, 3.05) is 124 Å². The predicted molar refractivity (Wildman–Crippen MR) is 573 cm³/mol. The quantitative estimate of drug-likeness (QED) is 0.0236. The third kappa shape index (κ3) is 25.9. The van der Waals surface area contributed by atoms with Gasteiger partial charge in [0.2, 0.25) is 11.8 Å². The van der Waals surface area contributed by atoms with Gasteiger partial charge in [0.05, 0.1) is 82.0 Å². The molecule has 4 aliphatic carbocycles. The Morgan fingerprint density at radius 1 is 0.725 bits per heavy atom. The molecule has 30 heteroatoms. The van der Waals surface area contributed by atoms with E-state index in [4.69, 9.17) is 75.7 Å². The van der Waals surface area contributed by atoms with E-state index in [-0.39, 0.29) is 75.4 Å². The molecule has 3 fully saturated rings. The Morgan fingerprint density at radius 3 is 1.85 bits per heavy atom. The molecule has 142 heavy (non-hydrogen) atoms. The van der Waals surface area contributed by atoms with Crippen LogP contribution in [0.4, 0.5) is 22.7 Å². The number of amides is 2. The van der Waals surface area contributed by atoms with Crippen LogP contribution >= 0.6 is 42.6 Å². The van der Waals surface area contributed by atoms with E-state index in [0.29, 0.717) is 78.9 Å². The number of hydrogen-bond donors (Lipinski definition) is 0. The standard InChI is InChI=1S/C42H53ClN4O6S.C39H47ClN4O6S.C21H27N2.C10H12O.2ClH.Ru/c1-7-9-11-28(3)24-54(50,25-37(48)34-23-46(4)44-41(34)52-6)45-40(49)30-14-18-39-36(21-30)47(22-31-13-16-33(31)38(8-2)51-5)26-42(27-53-39)19-10-12-29-20-32(43)15-17-35(29)42;1-25-7-5-9-35(48-3)30-13-10-28(30)19-44-23-39(16-6-8-26-17-29(40)12-14-32(26)39)24-50-36-15-11-27(18-33(36)44)37(46)42-51(47,21-25)22-34(45)31-20-43(2)41-38(31)49-4;1-14-9-16(3)20(17(4)10-14)22-7-8-23(13-22)21-18(5)11-15(2)12-19(21)6;1-8(2)11-10-7-5-4-6-9(10)3;;;/h7-9,14-15,17-18,20-21,23,28,31,33,38H,2,10-13,16,19,22,24-27H2,1,3-6H3;5,9,11-12,14-15,17-18,20,25,28,30,35H,6-8,10,13,16,19,21-24H2,1-4H3;9-13H,7-8H2,1-6H3;3-8H,1-2H3;2*1H;/q;;-1;;;;+2/p-2/b9-7-;9-5+;;;;;/t28-,31-,33+,38-,42-,54+;25-,28-,30+,35-,39-,51+;;;;;/m00...../s1. The third-order valence-corrected chi connectivity index (χ3v) is 35.6. The monoisotopic (exact) mass is 2140 g/mol. The van der Waals surface area contributed by atoms with E-state index in [1.54, 1.807) is 46.6 Å². The number of anilines is 4. The summed E-state index contributed by atoms with van der Waals surface area (Å²) in [6.45, 7) is 35.4. The summed E-state index contributed by atoms with van der Waals surface area (Å²) >= 11 is 11.2. The molecule has 2 aromatic heterocycles. The Labute approximate surface area is 863 Å². The summed E-state index contributed by atoms with van der Waals surface area (Å²) in [7, 11) is 14.7. The molecule has 0 N–H and O–H groups in total. The Kier molecular flexibility index (Phi) is 36.4. The average molecular weight is 2140 g/mol. The second-order valence-electron chi connectivity index (χ2n) is 40.2. The van der Waals surface area contributed by atoms with Crippen LogP contribution in [0, 0.1) is 83.7 Å². The molecule has 2 bridgehead atoms. The number of benzene rings is 7. The molecule has 2 saturated carbocycles. The summed E-state index contributed by atoms with van der Waals surface area (Å²) in [4.78, 5) is 65.0. The van der Waals surface area contributed by atoms with Crippen molar-refractivity contribution in [1.82, 2.24) is 19.6 Å². The molecule has 2 spiro atoms.